The van der Waals surface area contributed by atoms with Gasteiger partial charge in [-0.05, 0) is 112 Å². The maximum absolute atomic E-state index is 6.39. The van der Waals surface area contributed by atoms with Gasteiger partial charge >= 0.3 is 0 Å². The molecule has 8 rings (SSSR count). The number of para-hydroxylation sites is 2. The first-order valence-electron chi connectivity index (χ1n) is 14.2. The standard InChI is InChI=1S/C39H29NO/c1-22-9-13-27(24(3)19-22)29-15-11-26-12-16-32-34(39-40-35-7-5-6-8-36(35)41-39)21-33(28-14-10-23(2)20-25(28)4)31-18-17-30(29)37(26)38(31)32/h5-21H,1-4H3. The Morgan fingerprint density at radius 3 is 1.78 bits per heavy atom. The first-order chi connectivity index (χ1) is 20.0. The highest BCUT2D eigenvalue weighted by Crippen LogP contribution is 2.46. The van der Waals surface area contributed by atoms with Crippen LogP contribution in [0.5, 0.6) is 0 Å². The van der Waals surface area contributed by atoms with E-state index in [1.165, 1.54) is 71.4 Å². The fourth-order valence-corrected chi connectivity index (χ4v) is 6.75. The Balaban J connectivity index is 1.53. The van der Waals surface area contributed by atoms with E-state index in [0.29, 0.717) is 5.89 Å². The van der Waals surface area contributed by atoms with Crippen molar-refractivity contribution in [1.29, 1.82) is 0 Å². The number of aryl methyl sites for hydroxylation is 4. The van der Waals surface area contributed by atoms with Crippen molar-refractivity contribution in [3.05, 3.63) is 125 Å². The Morgan fingerprint density at radius 2 is 1.07 bits per heavy atom. The molecule has 0 radical (unpaired) electrons. The third-order valence-electron chi connectivity index (χ3n) is 8.65. The molecule has 8 aromatic rings. The minimum atomic E-state index is 0.657. The molecule has 7 aromatic carbocycles. The van der Waals surface area contributed by atoms with E-state index in [1.807, 2.05) is 24.3 Å². The summed E-state index contributed by atoms with van der Waals surface area (Å²) >= 11 is 0. The molecule has 196 valence electrons. The summed E-state index contributed by atoms with van der Waals surface area (Å²) in [6.07, 6.45) is 0. The Labute approximate surface area is 239 Å². The van der Waals surface area contributed by atoms with Gasteiger partial charge in [0.25, 0.3) is 0 Å². The Kier molecular flexibility index (Phi) is 5.11. The fourth-order valence-electron chi connectivity index (χ4n) is 6.75. The molecule has 0 amide bonds. The summed E-state index contributed by atoms with van der Waals surface area (Å²) in [5.41, 5.74) is 12.8. The molecule has 0 aliphatic heterocycles. The van der Waals surface area contributed by atoms with Crippen LogP contribution in [-0.4, -0.2) is 4.98 Å². The van der Waals surface area contributed by atoms with Crippen molar-refractivity contribution in [3.8, 4) is 33.7 Å². The minimum Gasteiger partial charge on any atom is -0.436 e. The molecule has 0 fully saturated rings. The molecule has 0 aliphatic carbocycles. The quantitative estimate of drug-likeness (QED) is 0.214. The Bertz CT molecular complexity index is 2270. The molecule has 0 saturated heterocycles. The molecule has 0 unspecified atom stereocenters. The summed E-state index contributed by atoms with van der Waals surface area (Å²) in [7, 11) is 0. The lowest BCUT2D eigenvalue weighted by atomic mass is 9.84. The van der Waals surface area contributed by atoms with Gasteiger partial charge in [0.2, 0.25) is 5.89 Å². The monoisotopic (exact) mass is 527 g/mol. The first-order valence-corrected chi connectivity index (χ1v) is 14.2. The van der Waals surface area contributed by atoms with Crippen molar-refractivity contribution in [3.63, 3.8) is 0 Å². The molecule has 0 spiro atoms. The van der Waals surface area contributed by atoms with Gasteiger partial charge in [-0.25, -0.2) is 4.98 Å². The predicted octanol–water partition coefficient (Wildman–Crippen LogP) is 11.0. The normalized spacial score (nSPS) is 11.9. The van der Waals surface area contributed by atoms with Crippen molar-refractivity contribution in [2.45, 2.75) is 27.7 Å². The highest BCUT2D eigenvalue weighted by molar-refractivity contribution is 6.29. The van der Waals surface area contributed by atoms with Gasteiger partial charge in [0.1, 0.15) is 5.52 Å². The zero-order valence-electron chi connectivity index (χ0n) is 23.7. The summed E-state index contributed by atoms with van der Waals surface area (Å²) in [6.45, 7) is 8.73. The molecular formula is C39H29NO. The SMILES string of the molecule is Cc1ccc(-c2ccc3ccc4c(-c5nc6ccccc6o5)cc(-c5ccc(C)cc5C)c5ccc2c3c45)c(C)c1. The highest BCUT2D eigenvalue weighted by Gasteiger charge is 2.21. The maximum Gasteiger partial charge on any atom is 0.227 e. The molecule has 41 heavy (non-hydrogen) atoms. The van der Waals surface area contributed by atoms with Crippen LogP contribution in [0.3, 0.4) is 0 Å². The van der Waals surface area contributed by atoms with Crippen LogP contribution < -0.4 is 0 Å². The van der Waals surface area contributed by atoms with E-state index in [4.69, 9.17) is 9.40 Å². The zero-order chi connectivity index (χ0) is 27.8. The van der Waals surface area contributed by atoms with Gasteiger partial charge in [-0.15, -0.1) is 0 Å². The molecule has 1 aromatic heterocycles. The van der Waals surface area contributed by atoms with E-state index in [-0.39, 0.29) is 0 Å². The van der Waals surface area contributed by atoms with E-state index in [9.17, 15) is 0 Å². The second-order valence-electron chi connectivity index (χ2n) is 11.5. The smallest absolute Gasteiger partial charge is 0.227 e. The maximum atomic E-state index is 6.39. The van der Waals surface area contributed by atoms with Gasteiger partial charge in [0.05, 0.1) is 0 Å². The van der Waals surface area contributed by atoms with Crippen molar-refractivity contribution in [1.82, 2.24) is 4.98 Å². The minimum absolute atomic E-state index is 0.657. The van der Waals surface area contributed by atoms with Crippen LogP contribution in [0.15, 0.2) is 108 Å². The average Bonchev–Trinajstić information content (AvgIpc) is 3.40. The molecule has 0 atom stereocenters. The number of hydrogen-bond donors (Lipinski definition) is 0. The fraction of sp³-hybridized carbons (Fsp3) is 0.103. The summed E-state index contributed by atoms with van der Waals surface area (Å²) in [6, 6.07) is 37.5. The van der Waals surface area contributed by atoms with Gasteiger partial charge in [0.15, 0.2) is 5.58 Å². The molecule has 0 N–H and O–H groups in total. The van der Waals surface area contributed by atoms with Gasteiger partial charge < -0.3 is 4.42 Å². The second-order valence-corrected chi connectivity index (χ2v) is 11.5. The van der Waals surface area contributed by atoms with Crippen LogP contribution in [0.4, 0.5) is 0 Å². The lowest BCUT2D eigenvalue weighted by Gasteiger charge is -2.19. The third-order valence-corrected chi connectivity index (χ3v) is 8.65. The van der Waals surface area contributed by atoms with Crippen LogP contribution in [-0.2, 0) is 0 Å². The molecule has 1 heterocycles. The largest absolute Gasteiger partial charge is 0.436 e. The number of aromatic nitrogens is 1. The van der Waals surface area contributed by atoms with E-state index < -0.39 is 0 Å². The molecule has 0 saturated carbocycles. The van der Waals surface area contributed by atoms with Crippen molar-refractivity contribution >= 4 is 43.4 Å². The van der Waals surface area contributed by atoms with Crippen LogP contribution in [0.25, 0.3) is 77.1 Å². The average molecular weight is 528 g/mol. The molecule has 2 heteroatoms. The lowest BCUT2D eigenvalue weighted by Crippen LogP contribution is -1.94. The summed E-state index contributed by atoms with van der Waals surface area (Å²) in [4.78, 5) is 4.95. The topological polar surface area (TPSA) is 26.0 Å². The highest BCUT2D eigenvalue weighted by atomic mass is 16.3. The molecule has 2 nitrogen and oxygen atoms in total. The van der Waals surface area contributed by atoms with E-state index >= 15 is 0 Å². The van der Waals surface area contributed by atoms with E-state index in [0.717, 1.165) is 22.0 Å². The zero-order valence-corrected chi connectivity index (χ0v) is 23.7. The van der Waals surface area contributed by atoms with Gasteiger partial charge in [-0.3, -0.25) is 0 Å². The van der Waals surface area contributed by atoms with Crippen LogP contribution in [0.2, 0.25) is 0 Å². The van der Waals surface area contributed by atoms with Gasteiger partial charge in [-0.2, -0.15) is 0 Å². The van der Waals surface area contributed by atoms with Crippen LogP contribution in [0, 0.1) is 27.7 Å². The molecular weight excluding hydrogens is 498 g/mol. The Hall–Kier alpha value is -4.95. The second kappa shape index (κ2) is 8.78. The number of rotatable bonds is 3. The van der Waals surface area contributed by atoms with Crippen LogP contribution >= 0.6 is 0 Å². The molecule has 0 bridgehead atoms. The number of hydrogen-bond acceptors (Lipinski definition) is 2. The first kappa shape index (κ1) is 23.9. The number of fused-ring (bicyclic) bond motifs is 1. The van der Waals surface area contributed by atoms with Crippen molar-refractivity contribution in [2.24, 2.45) is 0 Å². The van der Waals surface area contributed by atoms with Crippen molar-refractivity contribution in [2.75, 3.05) is 0 Å². The predicted molar refractivity (Wildman–Crippen MR) is 173 cm³/mol. The van der Waals surface area contributed by atoms with E-state index in [2.05, 4.69) is 107 Å². The van der Waals surface area contributed by atoms with Gasteiger partial charge in [-0.1, -0.05) is 96.1 Å². The molecule has 0 aliphatic rings. The lowest BCUT2D eigenvalue weighted by molar-refractivity contribution is 0.620. The summed E-state index contributed by atoms with van der Waals surface area (Å²) in [5, 5.41) is 7.49. The van der Waals surface area contributed by atoms with Crippen molar-refractivity contribution < 1.29 is 4.42 Å². The number of benzene rings is 7. The van der Waals surface area contributed by atoms with Crippen LogP contribution in [0.1, 0.15) is 22.3 Å². The van der Waals surface area contributed by atoms with E-state index in [1.54, 1.807) is 0 Å². The number of oxazole rings is 1. The summed E-state index contributed by atoms with van der Waals surface area (Å²) in [5.74, 6) is 0.657. The summed E-state index contributed by atoms with van der Waals surface area (Å²) < 4.78 is 6.39. The van der Waals surface area contributed by atoms with Gasteiger partial charge in [0, 0.05) is 5.56 Å². The Morgan fingerprint density at radius 1 is 0.488 bits per heavy atom. The third kappa shape index (κ3) is 3.61. The number of nitrogens with zero attached hydrogens (tertiary/aromatic N) is 1.